The van der Waals surface area contributed by atoms with Crippen molar-refractivity contribution in [2.75, 3.05) is 0 Å². The number of imidazole rings is 1. The lowest BCUT2D eigenvalue weighted by molar-refractivity contribution is -0.121. The number of carbonyl (C=O) groups is 1. The molecule has 0 aliphatic rings. The molecular formula is C10H17N3O. The molecule has 0 saturated heterocycles. The van der Waals surface area contributed by atoms with Crippen molar-refractivity contribution in [1.82, 2.24) is 15.3 Å². The van der Waals surface area contributed by atoms with Crippen LogP contribution in [0.5, 0.6) is 0 Å². The highest BCUT2D eigenvalue weighted by Gasteiger charge is 2.05. The average Bonchev–Trinajstić information content (AvgIpc) is 2.67. The predicted octanol–water partition coefficient (Wildman–Crippen LogP) is 1.26. The van der Waals surface area contributed by atoms with Gasteiger partial charge in [0.15, 0.2) is 0 Å². The molecule has 78 valence electrons. The molecule has 0 radical (unpaired) electrons. The van der Waals surface area contributed by atoms with Gasteiger partial charge in [0, 0.05) is 24.4 Å². The largest absolute Gasteiger partial charge is 0.354 e. The fraction of sp³-hybridized carbons (Fsp3) is 0.600. The summed E-state index contributed by atoms with van der Waals surface area (Å²) in [6.45, 7) is 4.06. The van der Waals surface area contributed by atoms with Crippen LogP contribution >= 0.6 is 0 Å². The standard InChI is InChI=1S/C10H17N3O/c1-3-8(2)13-10(14)5-4-9-6-11-7-12-9/h6-8H,3-5H2,1-2H3,(H,11,12)(H,13,14). The first-order chi connectivity index (χ1) is 6.72. The van der Waals surface area contributed by atoms with Crippen molar-refractivity contribution in [3.05, 3.63) is 18.2 Å². The number of nitrogens with one attached hydrogen (secondary N) is 2. The van der Waals surface area contributed by atoms with Crippen LogP contribution in [0.25, 0.3) is 0 Å². The van der Waals surface area contributed by atoms with E-state index in [1.807, 2.05) is 6.92 Å². The Hall–Kier alpha value is -1.32. The smallest absolute Gasteiger partial charge is 0.220 e. The molecule has 0 aromatic carbocycles. The van der Waals surface area contributed by atoms with Crippen LogP contribution < -0.4 is 5.32 Å². The molecule has 4 nitrogen and oxygen atoms in total. The van der Waals surface area contributed by atoms with Gasteiger partial charge in [0.05, 0.1) is 6.33 Å². The van der Waals surface area contributed by atoms with Gasteiger partial charge in [0.25, 0.3) is 0 Å². The van der Waals surface area contributed by atoms with Crippen LogP contribution in [0.4, 0.5) is 0 Å². The van der Waals surface area contributed by atoms with Gasteiger partial charge in [0.2, 0.25) is 5.91 Å². The fourth-order valence-electron chi connectivity index (χ4n) is 1.12. The van der Waals surface area contributed by atoms with E-state index in [-0.39, 0.29) is 11.9 Å². The number of hydrogen-bond donors (Lipinski definition) is 2. The number of aryl methyl sites for hydroxylation is 1. The Kier molecular flexibility index (Phi) is 4.16. The summed E-state index contributed by atoms with van der Waals surface area (Å²) in [5, 5.41) is 2.92. The van der Waals surface area contributed by atoms with E-state index in [1.165, 1.54) is 0 Å². The molecule has 2 N–H and O–H groups in total. The highest BCUT2D eigenvalue weighted by Crippen LogP contribution is 1.97. The lowest BCUT2D eigenvalue weighted by Crippen LogP contribution is -2.32. The van der Waals surface area contributed by atoms with Gasteiger partial charge in [0.1, 0.15) is 0 Å². The summed E-state index contributed by atoms with van der Waals surface area (Å²) in [6, 6.07) is 0.268. The molecule has 0 saturated carbocycles. The lowest BCUT2D eigenvalue weighted by Gasteiger charge is -2.10. The van der Waals surface area contributed by atoms with Crippen molar-refractivity contribution in [2.45, 2.75) is 39.2 Å². The van der Waals surface area contributed by atoms with Gasteiger partial charge in [-0.1, -0.05) is 6.92 Å². The SMILES string of the molecule is CCC(C)NC(=O)CCc1cnc[nH]1. The molecule has 1 aromatic rings. The van der Waals surface area contributed by atoms with Crippen molar-refractivity contribution >= 4 is 5.91 Å². The summed E-state index contributed by atoms with van der Waals surface area (Å²) in [4.78, 5) is 18.2. The maximum atomic E-state index is 11.4. The first-order valence-electron chi connectivity index (χ1n) is 4.99. The number of amides is 1. The van der Waals surface area contributed by atoms with Gasteiger partial charge in [-0.25, -0.2) is 4.98 Å². The summed E-state index contributed by atoms with van der Waals surface area (Å²) < 4.78 is 0. The summed E-state index contributed by atoms with van der Waals surface area (Å²) in [5.74, 6) is 0.106. The number of nitrogens with zero attached hydrogens (tertiary/aromatic N) is 1. The van der Waals surface area contributed by atoms with Crippen LogP contribution in [0.2, 0.25) is 0 Å². The zero-order valence-electron chi connectivity index (χ0n) is 8.71. The molecule has 0 bridgehead atoms. The van der Waals surface area contributed by atoms with Gasteiger partial charge >= 0.3 is 0 Å². The van der Waals surface area contributed by atoms with E-state index in [4.69, 9.17) is 0 Å². The van der Waals surface area contributed by atoms with Crippen LogP contribution in [0, 0.1) is 0 Å². The Labute approximate surface area is 84.1 Å². The van der Waals surface area contributed by atoms with E-state index >= 15 is 0 Å². The van der Waals surface area contributed by atoms with E-state index in [0.717, 1.165) is 18.5 Å². The molecular weight excluding hydrogens is 178 g/mol. The second-order valence-corrected chi connectivity index (χ2v) is 3.45. The lowest BCUT2D eigenvalue weighted by atomic mass is 10.2. The molecule has 1 atom stereocenters. The first kappa shape index (κ1) is 10.8. The van der Waals surface area contributed by atoms with Gasteiger partial charge < -0.3 is 10.3 Å². The highest BCUT2D eigenvalue weighted by atomic mass is 16.1. The molecule has 1 aromatic heterocycles. The van der Waals surface area contributed by atoms with Crippen molar-refractivity contribution in [3.63, 3.8) is 0 Å². The Bertz CT molecular complexity index is 269. The number of rotatable bonds is 5. The van der Waals surface area contributed by atoms with Crippen LogP contribution in [-0.4, -0.2) is 21.9 Å². The third kappa shape index (κ3) is 3.60. The minimum atomic E-state index is 0.106. The Morgan fingerprint density at radius 1 is 1.71 bits per heavy atom. The summed E-state index contributed by atoms with van der Waals surface area (Å²) in [7, 11) is 0. The summed E-state index contributed by atoms with van der Waals surface area (Å²) in [5.41, 5.74) is 1.00. The zero-order valence-corrected chi connectivity index (χ0v) is 8.71. The topological polar surface area (TPSA) is 57.8 Å². The van der Waals surface area contributed by atoms with Gasteiger partial charge in [-0.3, -0.25) is 4.79 Å². The van der Waals surface area contributed by atoms with E-state index in [2.05, 4.69) is 22.2 Å². The molecule has 1 amide bonds. The third-order valence-corrected chi connectivity index (χ3v) is 2.20. The van der Waals surface area contributed by atoms with E-state index in [9.17, 15) is 4.79 Å². The van der Waals surface area contributed by atoms with Crippen molar-refractivity contribution in [2.24, 2.45) is 0 Å². The van der Waals surface area contributed by atoms with Crippen LogP contribution in [-0.2, 0) is 11.2 Å². The molecule has 14 heavy (non-hydrogen) atoms. The quantitative estimate of drug-likeness (QED) is 0.743. The third-order valence-electron chi connectivity index (χ3n) is 2.20. The van der Waals surface area contributed by atoms with Crippen LogP contribution in [0.15, 0.2) is 12.5 Å². The molecule has 0 aliphatic carbocycles. The number of H-pyrrole nitrogens is 1. The predicted molar refractivity (Wildman–Crippen MR) is 54.8 cm³/mol. The maximum Gasteiger partial charge on any atom is 0.220 e. The monoisotopic (exact) mass is 195 g/mol. The minimum absolute atomic E-state index is 0.106. The van der Waals surface area contributed by atoms with Crippen molar-refractivity contribution < 1.29 is 4.79 Å². The van der Waals surface area contributed by atoms with E-state index < -0.39 is 0 Å². The average molecular weight is 195 g/mol. The molecule has 0 aliphatic heterocycles. The Morgan fingerprint density at radius 3 is 3.07 bits per heavy atom. The second kappa shape index (κ2) is 5.42. The number of hydrogen-bond acceptors (Lipinski definition) is 2. The Balaban J connectivity index is 2.22. The molecule has 1 rings (SSSR count). The minimum Gasteiger partial charge on any atom is -0.354 e. The zero-order chi connectivity index (χ0) is 10.4. The van der Waals surface area contributed by atoms with Gasteiger partial charge in [-0.2, -0.15) is 0 Å². The van der Waals surface area contributed by atoms with Crippen molar-refractivity contribution in [1.29, 1.82) is 0 Å². The second-order valence-electron chi connectivity index (χ2n) is 3.45. The molecule has 1 heterocycles. The molecule has 1 unspecified atom stereocenters. The Morgan fingerprint density at radius 2 is 2.50 bits per heavy atom. The first-order valence-corrected chi connectivity index (χ1v) is 4.99. The number of aromatic amines is 1. The fourth-order valence-corrected chi connectivity index (χ4v) is 1.12. The van der Waals surface area contributed by atoms with E-state index in [1.54, 1.807) is 12.5 Å². The normalized spacial score (nSPS) is 12.4. The van der Waals surface area contributed by atoms with Gasteiger partial charge in [-0.05, 0) is 19.8 Å². The number of aromatic nitrogens is 2. The summed E-state index contributed by atoms with van der Waals surface area (Å²) >= 11 is 0. The van der Waals surface area contributed by atoms with Crippen LogP contribution in [0.1, 0.15) is 32.4 Å². The summed E-state index contributed by atoms with van der Waals surface area (Å²) in [6.07, 6.45) is 5.59. The van der Waals surface area contributed by atoms with Crippen LogP contribution in [0.3, 0.4) is 0 Å². The molecule has 4 heteroatoms. The maximum absolute atomic E-state index is 11.4. The number of carbonyl (C=O) groups excluding carboxylic acids is 1. The highest BCUT2D eigenvalue weighted by molar-refractivity contribution is 5.76. The van der Waals surface area contributed by atoms with Gasteiger partial charge in [-0.15, -0.1) is 0 Å². The van der Waals surface area contributed by atoms with Crippen molar-refractivity contribution in [3.8, 4) is 0 Å². The molecule has 0 spiro atoms. The van der Waals surface area contributed by atoms with E-state index in [0.29, 0.717) is 6.42 Å². The molecule has 0 fully saturated rings.